The van der Waals surface area contributed by atoms with Crippen LogP contribution in [0.3, 0.4) is 0 Å². The van der Waals surface area contributed by atoms with Crippen molar-refractivity contribution in [3.8, 4) is 0 Å². The number of aliphatic hydroxyl groups is 1. The minimum Gasteiger partial charge on any atom is -0.393 e. The van der Waals surface area contributed by atoms with Gasteiger partial charge in [0.15, 0.2) is 0 Å². The molecule has 0 saturated carbocycles. The lowest BCUT2D eigenvalue weighted by molar-refractivity contribution is 0.141. The van der Waals surface area contributed by atoms with Gasteiger partial charge in [-0.05, 0) is 20.5 Å². The molecule has 1 N–H and O–H groups in total. The monoisotopic (exact) mass is 210 g/mol. The van der Waals surface area contributed by atoms with Crippen LogP contribution in [0.25, 0.3) is 0 Å². The van der Waals surface area contributed by atoms with Gasteiger partial charge in [0, 0.05) is 25.9 Å². The zero-order chi connectivity index (χ0) is 10.8. The van der Waals surface area contributed by atoms with Crippen LogP contribution in [0.2, 0.25) is 0 Å². The maximum atomic E-state index is 9.49. The fourth-order valence-electron chi connectivity index (χ4n) is 1.88. The molecule has 2 heterocycles. The van der Waals surface area contributed by atoms with Crippen molar-refractivity contribution >= 4 is 0 Å². The second kappa shape index (κ2) is 4.28. The number of rotatable bonds is 3. The normalized spacial score (nSPS) is 20.7. The Hall–Kier alpha value is -0.940. The van der Waals surface area contributed by atoms with Gasteiger partial charge in [0.25, 0.3) is 0 Å². The number of fused-ring (bicyclic) bond motifs is 1. The van der Waals surface area contributed by atoms with Crippen molar-refractivity contribution in [2.45, 2.75) is 31.9 Å². The summed E-state index contributed by atoms with van der Waals surface area (Å²) in [5.41, 5.74) is 0. The first-order valence-corrected chi connectivity index (χ1v) is 5.40. The molecule has 15 heavy (non-hydrogen) atoms. The Morgan fingerprint density at radius 2 is 2.27 bits per heavy atom. The number of aromatic nitrogens is 3. The van der Waals surface area contributed by atoms with E-state index >= 15 is 0 Å². The third kappa shape index (κ3) is 2.35. The highest BCUT2D eigenvalue weighted by Gasteiger charge is 2.20. The Morgan fingerprint density at radius 1 is 1.47 bits per heavy atom. The molecule has 0 saturated heterocycles. The van der Waals surface area contributed by atoms with E-state index in [0.717, 1.165) is 37.6 Å². The highest BCUT2D eigenvalue weighted by atomic mass is 16.3. The molecule has 0 bridgehead atoms. The molecule has 1 aliphatic heterocycles. The van der Waals surface area contributed by atoms with E-state index in [1.54, 1.807) is 0 Å². The second-order valence-electron chi connectivity index (χ2n) is 4.38. The molecule has 0 aliphatic carbocycles. The highest BCUT2D eigenvalue weighted by Crippen LogP contribution is 2.15. The summed E-state index contributed by atoms with van der Waals surface area (Å²) in [5.74, 6) is 1.98. The minimum absolute atomic E-state index is 0.233. The molecular weight excluding hydrogens is 192 g/mol. The lowest BCUT2D eigenvalue weighted by Crippen LogP contribution is -2.25. The largest absolute Gasteiger partial charge is 0.393 e. The van der Waals surface area contributed by atoms with Gasteiger partial charge in [0.05, 0.1) is 6.10 Å². The summed E-state index contributed by atoms with van der Waals surface area (Å²) in [7, 11) is 4.11. The zero-order valence-electron chi connectivity index (χ0n) is 9.35. The molecule has 0 radical (unpaired) electrons. The fourth-order valence-corrected chi connectivity index (χ4v) is 1.88. The molecule has 0 amide bonds. The third-order valence-corrected chi connectivity index (χ3v) is 2.79. The molecule has 5 heteroatoms. The van der Waals surface area contributed by atoms with Gasteiger partial charge in [-0.3, -0.25) is 0 Å². The predicted octanol–water partition coefficient (Wildman–Crippen LogP) is -0.311. The van der Waals surface area contributed by atoms with Crippen LogP contribution >= 0.6 is 0 Å². The van der Waals surface area contributed by atoms with Gasteiger partial charge in [-0.15, -0.1) is 10.2 Å². The van der Waals surface area contributed by atoms with E-state index in [1.807, 2.05) is 0 Å². The van der Waals surface area contributed by atoms with Crippen molar-refractivity contribution in [3.63, 3.8) is 0 Å². The van der Waals surface area contributed by atoms with Gasteiger partial charge in [0.1, 0.15) is 11.6 Å². The van der Waals surface area contributed by atoms with E-state index in [1.165, 1.54) is 0 Å². The first kappa shape index (κ1) is 10.6. The Morgan fingerprint density at radius 3 is 3.00 bits per heavy atom. The Labute approximate surface area is 89.7 Å². The van der Waals surface area contributed by atoms with Crippen LogP contribution in [0.1, 0.15) is 18.1 Å². The first-order valence-electron chi connectivity index (χ1n) is 5.40. The average Bonchev–Trinajstić information content (AvgIpc) is 2.57. The van der Waals surface area contributed by atoms with E-state index in [0.29, 0.717) is 6.42 Å². The minimum atomic E-state index is -0.233. The Balaban J connectivity index is 2.07. The van der Waals surface area contributed by atoms with Crippen LogP contribution in [0.5, 0.6) is 0 Å². The molecule has 1 aromatic heterocycles. The molecule has 0 fully saturated rings. The van der Waals surface area contributed by atoms with E-state index in [9.17, 15) is 5.11 Å². The molecule has 1 aliphatic rings. The molecule has 0 aromatic carbocycles. The lowest BCUT2D eigenvalue weighted by Gasteiger charge is -2.19. The van der Waals surface area contributed by atoms with Crippen LogP contribution in [0.4, 0.5) is 0 Å². The van der Waals surface area contributed by atoms with Gasteiger partial charge >= 0.3 is 0 Å². The molecule has 2 rings (SSSR count). The summed E-state index contributed by atoms with van der Waals surface area (Å²) in [6.07, 6.45) is 2.16. The molecule has 1 unspecified atom stereocenters. The maximum Gasteiger partial charge on any atom is 0.135 e. The molecular formula is C10H18N4O. The number of aliphatic hydroxyl groups excluding tert-OH is 1. The maximum absolute atomic E-state index is 9.49. The third-order valence-electron chi connectivity index (χ3n) is 2.79. The summed E-state index contributed by atoms with van der Waals surface area (Å²) in [4.78, 5) is 2.14. The number of hydrogen-bond acceptors (Lipinski definition) is 4. The zero-order valence-corrected chi connectivity index (χ0v) is 9.35. The summed E-state index contributed by atoms with van der Waals surface area (Å²) < 4.78 is 2.15. The fraction of sp³-hybridized carbons (Fsp3) is 0.800. The van der Waals surface area contributed by atoms with Crippen LogP contribution in [0.15, 0.2) is 0 Å². The van der Waals surface area contributed by atoms with Gasteiger partial charge in [-0.25, -0.2) is 0 Å². The number of nitrogens with zero attached hydrogens (tertiary/aromatic N) is 4. The van der Waals surface area contributed by atoms with Gasteiger partial charge in [-0.1, -0.05) is 0 Å². The van der Waals surface area contributed by atoms with Gasteiger partial charge in [-0.2, -0.15) is 0 Å². The second-order valence-corrected chi connectivity index (χ2v) is 4.38. The van der Waals surface area contributed by atoms with Crippen molar-refractivity contribution < 1.29 is 5.11 Å². The highest BCUT2D eigenvalue weighted by molar-refractivity contribution is 5.01. The van der Waals surface area contributed by atoms with E-state index in [2.05, 4.69) is 33.8 Å². The first-order chi connectivity index (χ1) is 7.16. The summed E-state index contributed by atoms with van der Waals surface area (Å²) in [6, 6.07) is 0. The average molecular weight is 210 g/mol. The standard InChI is InChI=1S/C10H18N4O/c1-13(2)5-4-9-11-12-10-7-8(15)3-6-14(9)10/h8,15H,3-7H2,1-2H3. The summed E-state index contributed by atoms with van der Waals surface area (Å²) >= 11 is 0. The summed E-state index contributed by atoms with van der Waals surface area (Å²) in [6.45, 7) is 1.84. The van der Waals surface area contributed by atoms with Crippen molar-refractivity contribution in [1.29, 1.82) is 0 Å². The van der Waals surface area contributed by atoms with Crippen LogP contribution in [-0.4, -0.2) is 51.5 Å². The van der Waals surface area contributed by atoms with Gasteiger partial charge in [0.2, 0.25) is 0 Å². The van der Waals surface area contributed by atoms with E-state index in [4.69, 9.17) is 0 Å². The smallest absolute Gasteiger partial charge is 0.135 e. The summed E-state index contributed by atoms with van der Waals surface area (Å²) in [5, 5.41) is 17.8. The van der Waals surface area contributed by atoms with Crippen molar-refractivity contribution in [2.75, 3.05) is 20.6 Å². The molecule has 1 aromatic rings. The van der Waals surface area contributed by atoms with E-state index in [-0.39, 0.29) is 6.10 Å². The van der Waals surface area contributed by atoms with Crippen LogP contribution in [0, 0.1) is 0 Å². The number of hydrogen-bond donors (Lipinski definition) is 1. The van der Waals surface area contributed by atoms with Gasteiger partial charge < -0.3 is 14.6 Å². The van der Waals surface area contributed by atoms with E-state index < -0.39 is 0 Å². The lowest BCUT2D eigenvalue weighted by atomic mass is 10.1. The SMILES string of the molecule is CN(C)CCc1nnc2n1CCC(O)C2. The van der Waals surface area contributed by atoms with Crippen LogP contribution < -0.4 is 0 Å². The van der Waals surface area contributed by atoms with Crippen LogP contribution in [-0.2, 0) is 19.4 Å². The molecule has 84 valence electrons. The Bertz CT molecular complexity index is 334. The Kier molecular flexibility index (Phi) is 3.02. The molecule has 0 spiro atoms. The van der Waals surface area contributed by atoms with Crippen molar-refractivity contribution in [2.24, 2.45) is 0 Å². The predicted molar refractivity (Wildman–Crippen MR) is 56.6 cm³/mol. The topological polar surface area (TPSA) is 54.2 Å². The number of likely N-dealkylation sites (N-methyl/N-ethyl adjacent to an activating group) is 1. The molecule has 1 atom stereocenters. The van der Waals surface area contributed by atoms with Crippen molar-refractivity contribution in [1.82, 2.24) is 19.7 Å². The molecule has 5 nitrogen and oxygen atoms in total. The quantitative estimate of drug-likeness (QED) is 0.743. The van der Waals surface area contributed by atoms with Crippen molar-refractivity contribution in [3.05, 3.63) is 11.6 Å².